The van der Waals surface area contributed by atoms with Crippen molar-refractivity contribution in [1.29, 1.82) is 0 Å². The molecular weight excluding hydrogens is 196 g/mol. The average Bonchev–Trinajstić information content (AvgIpc) is 2.57. The van der Waals surface area contributed by atoms with Crippen LogP contribution in [0.3, 0.4) is 0 Å². The van der Waals surface area contributed by atoms with Gasteiger partial charge >= 0.3 is 11.6 Å². The molecule has 0 saturated carbocycles. The van der Waals surface area contributed by atoms with Crippen molar-refractivity contribution in [2.45, 2.75) is 18.9 Å². The molecule has 2 aliphatic heterocycles. The molecule has 1 aliphatic carbocycles. The summed E-state index contributed by atoms with van der Waals surface area (Å²) in [7, 11) is 0. The molecule has 0 fully saturated rings. The first-order chi connectivity index (χ1) is 7.78. The summed E-state index contributed by atoms with van der Waals surface area (Å²) in [5, 5.41) is 0. The molecule has 0 spiro atoms. The third kappa shape index (κ3) is 1.37. The zero-order valence-corrected chi connectivity index (χ0v) is 9.22. The minimum Gasteiger partial charge on any atom is -0.256 e. The van der Waals surface area contributed by atoms with Gasteiger partial charge in [0, 0.05) is 25.1 Å². The fourth-order valence-corrected chi connectivity index (χ4v) is 2.40. The maximum absolute atomic E-state index is 4.52. The first kappa shape index (κ1) is 9.35. The third-order valence-electron chi connectivity index (χ3n) is 3.19. The second kappa shape index (κ2) is 3.31. The van der Waals surface area contributed by atoms with Gasteiger partial charge in [-0.1, -0.05) is 23.1 Å². The van der Waals surface area contributed by atoms with E-state index >= 15 is 0 Å². The molecule has 78 valence electrons. The van der Waals surface area contributed by atoms with Crippen LogP contribution in [-0.4, -0.2) is 11.3 Å². The van der Waals surface area contributed by atoms with Crippen molar-refractivity contribution in [2.75, 3.05) is 0 Å². The zero-order chi connectivity index (χ0) is 11.0. The number of fused-ring (bicyclic) bond motifs is 3. The van der Waals surface area contributed by atoms with Crippen molar-refractivity contribution < 1.29 is 0 Å². The van der Waals surface area contributed by atoms with Crippen molar-refractivity contribution >= 4 is 5.71 Å². The van der Waals surface area contributed by atoms with Crippen molar-refractivity contribution in [3.63, 3.8) is 0 Å². The highest BCUT2D eigenvalue weighted by Crippen LogP contribution is 2.31. The smallest absolute Gasteiger partial charge is 0.256 e. The Kier molecular flexibility index (Phi) is 1.94. The monoisotopic (exact) mass is 209 g/mol. The van der Waals surface area contributed by atoms with E-state index in [4.69, 9.17) is 0 Å². The fourth-order valence-electron chi connectivity index (χ4n) is 2.40. The van der Waals surface area contributed by atoms with E-state index in [1.807, 2.05) is 18.4 Å². The minimum atomic E-state index is -0.336. The van der Waals surface area contributed by atoms with Gasteiger partial charge in [0.15, 0.2) is 0 Å². The number of rotatable bonds is 0. The summed E-state index contributed by atoms with van der Waals surface area (Å²) in [6.45, 7) is 2.10. The third-order valence-corrected chi connectivity index (χ3v) is 3.19. The molecule has 0 N–H and O–H groups in total. The molecule has 16 heavy (non-hydrogen) atoms. The topological polar surface area (TPSA) is 16.7 Å². The van der Waals surface area contributed by atoms with Crippen LogP contribution in [0, 0.1) is 12.0 Å². The molecule has 2 heterocycles. The molecule has 3 aliphatic rings. The average molecular weight is 209 g/mol. The van der Waals surface area contributed by atoms with Gasteiger partial charge < -0.3 is 0 Å². The molecule has 0 radical (unpaired) electrons. The first-order valence-corrected chi connectivity index (χ1v) is 5.56. The highest BCUT2D eigenvalue weighted by atomic mass is 14.9. The van der Waals surface area contributed by atoms with E-state index in [1.165, 1.54) is 5.57 Å². The van der Waals surface area contributed by atoms with Crippen LogP contribution < -0.4 is 0 Å². The van der Waals surface area contributed by atoms with E-state index in [0.717, 1.165) is 12.1 Å². The van der Waals surface area contributed by atoms with Crippen LogP contribution in [0.1, 0.15) is 13.3 Å². The molecule has 0 aromatic rings. The van der Waals surface area contributed by atoms with E-state index in [-0.39, 0.29) is 5.54 Å². The number of aliphatic imine (C=N–C) groups is 1. The lowest BCUT2D eigenvalue weighted by molar-refractivity contribution is 0.779. The van der Waals surface area contributed by atoms with E-state index in [0.29, 0.717) is 5.92 Å². The van der Waals surface area contributed by atoms with E-state index in [2.05, 4.69) is 47.1 Å². The Bertz CT molecular complexity index is 535. The van der Waals surface area contributed by atoms with Gasteiger partial charge in [-0.2, -0.15) is 0 Å². The molecule has 0 saturated heterocycles. The summed E-state index contributed by atoms with van der Waals surface area (Å²) in [5.41, 5.74) is 1.98. The van der Waals surface area contributed by atoms with Gasteiger partial charge in [-0.15, -0.1) is 0 Å². The predicted molar refractivity (Wildman–Crippen MR) is 66.7 cm³/mol. The molecule has 0 aromatic heterocycles. The summed E-state index contributed by atoms with van der Waals surface area (Å²) in [6, 6.07) is 2.97. The van der Waals surface area contributed by atoms with Crippen molar-refractivity contribution in [3.05, 3.63) is 53.1 Å². The molecule has 0 aromatic carbocycles. The van der Waals surface area contributed by atoms with Crippen LogP contribution in [0.2, 0.25) is 0 Å². The number of hydrogen-bond acceptors (Lipinski definition) is 1. The number of nitrogens with zero attached hydrogens (tertiary/aromatic N) is 2. The Morgan fingerprint density at radius 1 is 1.50 bits per heavy atom. The van der Waals surface area contributed by atoms with Crippen molar-refractivity contribution in [3.8, 4) is 6.07 Å². The highest BCUT2D eigenvalue weighted by Gasteiger charge is 2.44. The Labute approximate surface area is 95.2 Å². The summed E-state index contributed by atoms with van der Waals surface area (Å²) in [5.74, 6) is 0.376. The van der Waals surface area contributed by atoms with Crippen LogP contribution in [0.4, 0.5) is 0 Å². The summed E-state index contributed by atoms with van der Waals surface area (Å²) < 4.78 is 0. The Morgan fingerprint density at radius 2 is 2.44 bits per heavy atom. The molecule has 2 heteroatoms. The quantitative estimate of drug-likeness (QED) is 0.583. The molecule has 2 bridgehead atoms. The van der Waals surface area contributed by atoms with Gasteiger partial charge in [-0.05, 0) is 18.1 Å². The van der Waals surface area contributed by atoms with E-state index < -0.39 is 0 Å². The van der Waals surface area contributed by atoms with E-state index in [1.54, 1.807) is 0 Å². The zero-order valence-electron chi connectivity index (χ0n) is 9.22. The molecule has 2 atom stereocenters. The van der Waals surface area contributed by atoms with Crippen LogP contribution >= 0.6 is 0 Å². The minimum absolute atomic E-state index is 0.336. The van der Waals surface area contributed by atoms with Gasteiger partial charge in [-0.25, -0.2) is 0 Å². The van der Waals surface area contributed by atoms with Gasteiger partial charge in [0.2, 0.25) is 0 Å². The van der Waals surface area contributed by atoms with E-state index in [9.17, 15) is 0 Å². The van der Waals surface area contributed by atoms with Crippen molar-refractivity contribution in [1.82, 2.24) is 0 Å². The molecule has 2 unspecified atom stereocenters. The predicted octanol–water partition coefficient (Wildman–Crippen LogP) is 3.12. The van der Waals surface area contributed by atoms with Crippen LogP contribution in [-0.2, 0) is 0 Å². The normalized spacial score (nSPS) is 33.9. The van der Waals surface area contributed by atoms with Crippen LogP contribution in [0.25, 0.3) is 4.85 Å². The lowest BCUT2D eigenvalue weighted by Crippen LogP contribution is -2.35. The van der Waals surface area contributed by atoms with Crippen molar-refractivity contribution in [2.24, 2.45) is 10.9 Å². The number of hydrogen-bond donors (Lipinski definition) is 0. The van der Waals surface area contributed by atoms with Gasteiger partial charge in [0.1, 0.15) is 5.71 Å². The fraction of sp³-hybridized carbons (Fsp3) is 0.286. The molecular formula is C14H13N2+. The van der Waals surface area contributed by atoms with Gasteiger partial charge in [-0.3, -0.25) is 4.99 Å². The largest absolute Gasteiger partial charge is 0.336 e. The summed E-state index contributed by atoms with van der Waals surface area (Å²) in [4.78, 5) is 9.03. The second-order valence-electron chi connectivity index (χ2n) is 4.47. The standard InChI is InChI=1S/C14H13N2/c1-14-10-11(4-2-9-16-14)6-7-12-5-3-8-15-13(12)14/h2-4,6-8,10,12H,5H2,1H3/q+1. The van der Waals surface area contributed by atoms with Gasteiger partial charge in [0.05, 0.1) is 6.08 Å². The summed E-state index contributed by atoms with van der Waals surface area (Å²) in [6.07, 6.45) is 15.5. The maximum Gasteiger partial charge on any atom is 0.336 e. The Hall–Kier alpha value is -1.88. The maximum atomic E-state index is 4.52. The highest BCUT2D eigenvalue weighted by molar-refractivity contribution is 6.01. The van der Waals surface area contributed by atoms with Gasteiger partial charge in [0.25, 0.3) is 0 Å². The Morgan fingerprint density at radius 3 is 3.38 bits per heavy atom. The lowest BCUT2D eigenvalue weighted by Gasteiger charge is -2.19. The number of allylic oxidation sites excluding steroid dienone is 6. The van der Waals surface area contributed by atoms with Crippen LogP contribution in [0.5, 0.6) is 0 Å². The molecule has 2 nitrogen and oxygen atoms in total. The Balaban J connectivity index is 2.20. The lowest BCUT2D eigenvalue weighted by atomic mass is 9.84. The summed E-state index contributed by atoms with van der Waals surface area (Å²) >= 11 is 0. The SMILES string of the molecule is CC12C=C(C=CC#[N+]1)C=CC1CC=CN=C12. The second-order valence-corrected chi connectivity index (χ2v) is 4.47. The van der Waals surface area contributed by atoms with Crippen LogP contribution in [0.15, 0.2) is 53.2 Å². The molecule has 3 rings (SSSR count). The molecule has 0 amide bonds. The first-order valence-electron chi connectivity index (χ1n) is 5.56.